The highest BCUT2D eigenvalue weighted by atomic mass is 15.0. The molecule has 4 atom stereocenters. The molecule has 2 heterocycles. The summed E-state index contributed by atoms with van der Waals surface area (Å²) in [5.74, 6) is 2.36. The van der Waals surface area contributed by atoms with Gasteiger partial charge in [0.1, 0.15) is 0 Å². The number of hydrogen-bond donors (Lipinski definition) is 1. The van der Waals surface area contributed by atoms with Crippen LogP contribution in [-0.4, -0.2) is 18.8 Å². The van der Waals surface area contributed by atoms with Gasteiger partial charge in [0.2, 0.25) is 0 Å². The van der Waals surface area contributed by atoms with E-state index in [0.717, 1.165) is 30.7 Å². The first-order valence-electron chi connectivity index (χ1n) is 6.98. The quantitative estimate of drug-likeness (QED) is 0.677. The van der Waals surface area contributed by atoms with Crippen molar-refractivity contribution < 1.29 is 0 Å². The molecule has 4 bridgehead atoms. The zero-order chi connectivity index (χ0) is 11.4. The molecule has 0 aromatic heterocycles. The van der Waals surface area contributed by atoms with Crippen molar-refractivity contribution in [2.45, 2.75) is 38.6 Å². The summed E-state index contributed by atoms with van der Waals surface area (Å²) in [4.78, 5) is 4.60. The molecule has 1 saturated heterocycles. The van der Waals surface area contributed by atoms with Gasteiger partial charge in [0.15, 0.2) is 0 Å². The Balaban J connectivity index is 1.84. The van der Waals surface area contributed by atoms with Gasteiger partial charge in [-0.3, -0.25) is 4.99 Å². The van der Waals surface area contributed by atoms with Gasteiger partial charge >= 0.3 is 0 Å². The first kappa shape index (κ1) is 9.93. The average Bonchev–Trinajstić information content (AvgIpc) is 2.62. The van der Waals surface area contributed by atoms with Crippen molar-refractivity contribution in [1.29, 1.82) is 0 Å². The van der Waals surface area contributed by atoms with Crippen molar-refractivity contribution >= 4 is 6.21 Å². The average molecular weight is 228 g/mol. The second-order valence-corrected chi connectivity index (χ2v) is 6.21. The van der Waals surface area contributed by atoms with Crippen molar-refractivity contribution in [2.75, 3.05) is 6.54 Å². The number of aliphatic imine (C=N–C) groups is 1. The topological polar surface area (TPSA) is 24.4 Å². The normalized spacial score (nSPS) is 44.6. The molecular formula is C15H20N2. The number of nitrogens with one attached hydrogen (secondary N) is 1. The number of nitrogens with zero attached hydrogens (tertiary/aromatic N) is 1. The Labute approximate surface area is 103 Å². The summed E-state index contributed by atoms with van der Waals surface area (Å²) in [7, 11) is 0. The van der Waals surface area contributed by atoms with Crippen LogP contribution >= 0.6 is 0 Å². The number of fused-ring (bicyclic) bond motifs is 2. The standard InChI is InChI=1S/C15H20N2/c1-9-13-6-12-4-10-5-14(9)17-15(13)7-11(12)2-3-16-8-10/h3,7,9-10,13-14,17H,2,4-6,8H2,1H3/b16-3-. The molecule has 2 nitrogen and oxygen atoms in total. The van der Waals surface area contributed by atoms with Crippen LogP contribution in [0.3, 0.4) is 0 Å². The summed E-state index contributed by atoms with van der Waals surface area (Å²) < 4.78 is 0. The third-order valence-electron chi connectivity index (χ3n) is 5.20. The summed E-state index contributed by atoms with van der Waals surface area (Å²) in [6, 6.07) is 0.699. The van der Waals surface area contributed by atoms with Crippen LogP contribution in [-0.2, 0) is 0 Å². The number of hydrogen-bond acceptors (Lipinski definition) is 2. The van der Waals surface area contributed by atoms with E-state index in [1.165, 1.54) is 25.0 Å². The minimum atomic E-state index is 0.699. The van der Waals surface area contributed by atoms with Crippen LogP contribution in [0.1, 0.15) is 32.6 Å². The van der Waals surface area contributed by atoms with Crippen molar-refractivity contribution in [2.24, 2.45) is 22.7 Å². The maximum atomic E-state index is 4.60. The second-order valence-electron chi connectivity index (χ2n) is 6.21. The molecule has 4 aliphatic rings. The molecule has 17 heavy (non-hydrogen) atoms. The molecule has 0 aromatic rings. The van der Waals surface area contributed by atoms with Crippen molar-refractivity contribution in [3.05, 3.63) is 22.9 Å². The Morgan fingerprint density at radius 2 is 2.29 bits per heavy atom. The fourth-order valence-corrected chi connectivity index (χ4v) is 4.15. The fraction of sp³-hybridized carbons (Fsp3) is 0.667. The van der Waals surface area contributed by atoms with Crippen LogP contribution in [0.4, 0.5) is 0 Å². The van der Waals surface area contributed by atoms with E-state index in [4.69, 9.17) is 0 Å². The lowest BCUT2D eigenvalue weighted by molar-refractivity contribution is 0.306. The van der Waals surface area contributed by atoms with Gasteiger partial charge in [-0.2, -0.15) is 0 Å². The van der Waals surface area contributed by atoms with Crippen LogP contribution in [0.2, 0.25) is 0 Å². The molecule has 0 aromatic carbocycles. The van der Waals surface area contributed by atoms with E-state index in [-0.39, 0.29) is 0 Å². The molecule has 1 saturated carbocycles. The monoisotopic (exact) mass is 228 g/mol. The fourth-order valence-electron chi connectivity index (χ4n) is 4.15. The van der Waals surface area contributed by atoms with E-state index in [2.05, 4.69) is 29.5 Å². The lowest BCUT2D eigenvalue weighted by Crippen LogP contribution is -2.30. The van der Waals surface area contributed by atoms with Gasteiger partial charge in [0, 0.05) is 36.8 Å². The van der Waals surface area contributed by atoms with Gasteiger partial charge in [0.05, 0.1) is 0 Å². The van der Waals surface area contributed by atoms with E-state index >= 15 is 0 Å². The molecule has 2 heteroatoms. The van der Waals surface area contributed by atoms with Gasteiger partial charge in [-0.05, 0) is 42.7 Å². The van der Waals surface area contributed by atoms with E-state index in [0.29, 0.717) is 6.04 Å². The largest absolute Gasteiger partial charge is 0.385 e. The zero-order valence-corrected chi connectivity index (χ0v) is 10.4. The first-order valence-corrected chi connectivity index (χ1v) is 6.98. The molecule has 2 fully saturated rings. The van der Waals surface area contributed by atoms with Gasteiger partial charge in [-0.15, -0.1) is 0 Å². The molecule has 1 N–H and O–H groups in total. The highest BCUT2D eigenvalue weighted by molar-refractivity contribution is 5.64. The molecule has 0 amide bonds. The maximum Gasteiger partial charge on any atom is 0.0417 e. The van der Waals surface area contributed by atoms with Gasteiger partial charge in [-0.25, -0.2) is 0 Å². The van der Waals surface area contributed by atoms with Crippen molar-refractivity contribution in [1.82, 2.24) is 5.32 Å². The summed E-state index contributed by atoms with van der Waals surface area (Å²) in [6.45, 7) is 3.48. The minimum absolute atomic E-state index is 0.699. The van der Waals surface area contributed by atoms with E-state index in [1.54, 1.807) is 11.1 Å². The Morgan fingerprint density at radius 3 is 3.24 bits per heavy atom. The zero-order valence-electron chi connectivity index (χ0n) is 10.4. The highest BCUT2D eigenvalue weighted by Gasteiger charge is 2.42. The lowest BCUT2D eigenvalue weighted by Gasteiger charge is -2.32. The molecule has 0 radical (unpaired) electrons. The molecular weight excluding hydrogens is 208 g/mol. The van der Waals surface area contributed by atoms with Crippen LogP contribution in [0.25, 0.3) is 0 Å². The molecule has 4 unspecified atom stereocenters. The summed E-state index contributed by atoms with van der Waals surface area (Å²) in [5.41, 5.74) is 4.83. The molecule has 0 spiro atoms. The van der Waals surface area contributed by atoms with Crippen LogP contribution in [0, 0.1) is 17.8 Å². The molecule has 4 rings (SSSR count). The number of allylic oxidation sites excluding steroid dienone is 4. The Bertz CT molecular complexity index is 444. The van der Waals surface area contributed by atoms with E-state index < -0.39 is 0 Å². The second kappa shape index (κ2) is 3.47. The lowest BCUT2D eigenvalue weighted by atomic mass is 9.73. The van der Waals surface area contributed by atoms with Gasteiger partial charge < -0.3 is 5.32 Å². The van der Waals surface area contributed by atoms with Crippen molar-refractivity contribution in [3.63, 3.8) is 0 Å². The SMILES string of the molecule is CC1C2CC3C/N=C\CC4=C(C3)CC1C(=C4)N2. The van der Waals surface area contributed by atoms with Gasteiger partial charge in [-0.1, -0.05) is 12.5 Å². The Morgan fingerprint density at radius 1 is 1.35 bits per heavy atom. The Hall–Kier alpha value is -1.05. The molecule has 2 aliphatic heterocycles. The predicted octanol–water partition coefficient (Wildman–Crippen LogP) is 2.68. The first-order chi connectivity index (χ1) is 8.31. The summed E-state index contributed by atoms with van der Waals surface area (Å²) in [5, 5.41) is 3.80. The smallest absolute Gasteiger partial charge is 0.0417 e. The molecule has 90 valence electrons. The molecule has 2 aliphatic carbocycles. The van der Waals surface area contributed by atoms with Crippen molar-refractivity contribution in [3.8, 4) is 0 Å². The number of rotatable bonds is 0. The van der Waals surface area contributed by atoms with Crippen LogP contribution < -0.4 is 5.32 Å². The highest BCUT2D eigenvalue weighted by Crippen LogP contribution is 2.46. The summed E-state index contributed by atoms with van der Waals surface area (Å²) in [6.07, 6.45) is 9.57. The summed E-state index contributed by atoms with van der Waals surface area (Å²) >= 11 is 0. The van der Waals surface area contributed by atoms with E-state index in [9.17, 15) is 0 Å². The minimum Gasteiger partial charge on any atom is -0.385 e. The third kappa shape index (κ3) is 1.42. The Kier molecular flexibility index (Phi) is 2.03. The van der Waals surface area contributed by atoms with Gasteiger partial charge in [0.25, 0.3) is 0 Å². The predicted molar refractivity (Wildman–Crippen MR) is 70.0 cm³/mol. The van der Waals surface area contributed by atoms with Crippen LogP contribution in [0.15, 0.2) is 27.9 Å². The van der Waals surface area contributed by atoms with E-state index in [1.807, 2.05) is 0 Å². The third-order valence-corrected chi connectivity index (χ3v) is 5.20. The maximum absolute atomic E-state index is 4.60. The van der Waals surface area contributed by atoms with Crippen LogP contribution in [0.5, 0.6) is 0 Å².